The van der Waals surface area contributed by atoms with Gasteiger partial charge in [0.1, 0.15) is 5.75 Å². The molecule has 0 atom stereocenters. The van der Waals surface area contributed by atoms with Crippen molar-refractivity contribution in [2.45, 2.75) is 33.1 Å². The first-order valence-corrected chi connectivity index (χ1v) is 11.3. The van der Waals surface area contributed by atoms with Crippen molar-refractivity contribution >= 4 is 17.5 Å². The van der Waals surface area contributed by atoms with Crippen LogP contribution in [-0.4, -0.2) is 32.0 Å². The minimum absolute atomic E-state index is 0.108. The maximum Gasteiger partial charge on any atom is 0.264 e. The van der Waals surface area contributed by atoms with Gasteiger partial charge in [0.05, 0.1) is 11.3 Å². The number of carbonyl (C=O) groups excluding carboxylic acids is 2. The average molecular weight is 445 g/mol. The van der Waals surface area contributed by atoms with Crippen LogP contribution in [0.15, 0.2) is 72.8 Å². The molecule has 5 heteroatoms. The summed E-state index contributed by atoms with van der Waals surface area (Å²) in [6, 6.07) is 23.2. The Labute approximate surface area is 196 Å². The van der Waals surface area contributed by atoms with E-state index >= 15 is 0 Å². The summed E-state index contributed by atoms with van der Waals surface area (Å²) < 4.78 is 5.91. The van der Waals surface area contributed by atoms with Crippen molar-refractivity contribution in [2.75, 3.05) is 25.1 Å². The van der Waals surface area contributed by atoms with Gasteiger partial charge in [0, 0.05) is 13.6 Å². The summed E-state index contributed by atoms with van der Waals surface area (Å²) in [5.74, 6) is 0.575. The number of hydrogen-bond acceptors (Lipinski definition) is 3. The molecule has 172 valence electrons. The van der Waals surface area contributed by atoms with Gasteiger partial charge in [-0.1, -0.05) is 68.4 Å². The first-order valence-electron chi connectivity index (χ1n) is 11.3. The quantitative estimate of drug-likeness (QED) is 0.498. The summed E-state index contributed by atoms with van der Waals surface area (Å²) in [4.78, 5) is 27.2. The molecule has 0 aliphatic rings. The van der Waals surface area contributed by atoms with Crippen molar-refractivity contribution in [1.82, 2.24) is 5.32 Å². The molecule has 0 radical (unpaired) electrons. The molecule has 0 spiro atoms. The Morgan fingerprint density at radius 3 is 2.39 bits per heavy atom. The minimum atomic E-state index is -0.226. The van der Waals surface area contributed by atoms with Crippen LogP contribution in [0, 0.1) is 6.92 Å². The molecule has 0 aliphatic heterocycles. The highest BCUT2D eigenvalue weighted by molar-refractivity contribution is 6.04. The first-order chi connectivity index (χ1) is 15.9. The third kappa shape index (κ3) is 6.45. The monoisotopic (exact) mass is 444 g/mol. The number of likely N-dealkylation sites (N-methyl/N-ethyl adjacent to an activating group) is 1. The van der Waals surface area contributed by atoms with Gasteiger partial charge < -0.3 is 15.0 Å². The lowest BCUT2D eigenvalue weighted by atomic mass is 10.0. The van der Waals surface area contributed by atoms with Crippen LogP contribution in [0.2, 0.25) is 0 Å². The summed E-state index contributed by atoms with van der Waals surface area (Å²) in [5, 5.41) is 2.96. The van der Waals surface area contributed by atoms with Crippen LogP contribution in [0.25, 0.3) is 0 Å². The smallest absolute Gasteiger partial charge is 0.264 e. The number of amides is 2. The van der Waals surface area contributed by atoms with Gasteiger partial charge in [-0.15, -0.1) is 0 Å². The Kier molecular flexibility index (Phi) is 8.25. The summed E-state index contributed by atoms with van der Waals surface area (Å²) in [7, 11) is 1.67. The second-order valence-electron chi connectivity index (χ2n) is 8.45. The molecule has 5 nitrogen and oxygen atoms in total. The Morgan fingerprint density at radius 2 is 1.67 bits per heavy atom. The number of carbonyl (C=O) groups is 2. The maximum absolute atomic E-state index is 12.9. The molecule has 0 saturated carbocycles. The van der Waals surface area contributed by atoms with E-state index in [4.69, 9.17) is 4.74 Å². The molecule has 2 amide bonds. The van der Waals surface area contributed by atoms with Gasteiger partial charge in [0.25, 0.3) is 11.8 Å². The highest BCUT2D eigenvalue weighted by Crippen LogP contribution is 2.28. The topological polar surface area (TPSA) is 58.6 Å². The molecule has 0 aliphatic carbocycles. The summed E-state index contributed by atoms with van der Waals surface area (Å²) in [6.45, 7) is 6.60. The Balaban J connectivity index is 1.65. The van der Waals surface area contributed by atoms with Crippen molar-refractivity contribution in [1.29, 1.82) is 0 Å². The molecular formula is C28H32N2O3. The lowest BCUT2D eigenvalue weighted by molar-refractivity contribution is -0.120. The molecule has 0 aromatic heterocycles. The molecular weight excluding hydrogens is 412 g/mol. The number of aryl methyl sites for hydroxylation is 1. The van der Waals surface area contributed by atoms with Crippen LogP contribution >= 0.6 is 0 Å². The van der Waals surface area contributed by atoms with Crippen LogP contribution < -0.4 is 15.0 Å². The van der Waals surface area contributed by atoms with Gasteiger partial charge in [-0.2, -0.15) is 0 Å². The van der Waals surface area contributed by atoms with E-state index in [1.165, 1.54) is 4.90 Å². The second kappa shape index (κ2) is 11.3. The fourth-order valence-corrected chi connectivity index (χ4v) is 3.63. The van der Waals surface area contributed by atoms with Crippen LogP contribution in [-0.2, 0) is 11.2 Å². The molecule has 1 N–H and O–H groups in total. The van der Waals surface area contributed by atoms with Crippen molar-refractivity contribution in [3.63, 3.8) is 0 Å². The van der Waals surface area contributed by atoms with Crippen molar-refractivity contribution in [3.05, 3.63) is 95.1 Å². The van der Waals surface area contributed by atoms with Gasteiger partial charge in [-0.3, -0.25) is 9.59 Å². The van der Waals surface area contributed by atoms with E-state index in [2.05, 4.69) is 19.2 Å². The minimum Gasteiger partial charge on any atom is -0.483 e. The SMILES string of the molecule is Cc1ccc(C(C)C)c(OCC(=O)N(C)c2ccccc2C(=O)NCCc2ccccc2)c1. The number of nitrogens with one attached hydrogen (secondary N) is 1. The van der Waals surface area contributed by atoms with Gasteiger partial charge in [0.2, 0.25) is 0 Å². The zero-order chi connectivity index (χ0) is 23.8. The van der Waals surface area contributed by atoms with Gasteiger partial charge in [-0.25, -0.2) is 0 Å². The molecule has 0 saturated heterocycles. The number of para-hydroxylation sites is 1. The molecule has 0 unspecified atom stereocenters. The normalized spacial score (nSPS) is 10.7. The van der Waals surface area contributed by atoms with Crippen LogP contribution in [0.5, 0.6) is 5.75 Å². The van der Waals surface area contributed by atoms with E-state index in [0.29, 0.717) is 17.8 Å². The fraction of sp³-hybridized carbons (Fsp3) is 0.286. The standard InChI is InChI=1S/C28H32N2O3/c1-20(2)23-15-14-21(3)18-26(23)33-19-27(31)30(4)25-13-9-8-12-24(25)28(32)29-17-16-22-10-6-5-7-11-22/h5-15,18,20H,16-17,19H2,1-4H3,(H,29,32). The van der Waals surface area contributed by atoms with E-state index in [-0.39, 0.29) is 24.3 Å². The predicted molar refractivity (Wildman–Crippen MR) is 133 cm³/mol. The highest BCUT2D eigenvalue weighted by atomic mass is 16.5. The first kappa shape index (κ1) is 24.1. The van der Waals surface area contributed by atoms with Crippen molar-refractivity contribution in [2.24, 2.45) is 0 Å². The maximum atomic E-state index is 12.9. The summed E-state index contributed by atoms with van der Waals surface area (Å²) >= 11 is 0. The molecule has 0 bridgehead atoms. The van der Waals surface area contributed by atoms with Crippen molar-refractivity contribution in [3.8, 4) is 5.75 Å². The second-order valence-corrected chi connectivity index (χ2v) is 8.45. The Bertz CT molecular complexity index is 1090. The third-order valence-electron chi connectivity index (χ3n) is 5.57. The number of ether oxygens (including phenoxy) is 1. The molecule has 3 aromatic carbocycles. The van der Waals surface area contributed by atoms with Crippen molar-refractivity contribution < 1.29 is 14.3 Å². The molecule has 3 rings (SSSR count). The van der Waals surface area contributed by atoms with E-state index in [1.807, 2.05) is 61.5 Å². The summed E-state index contributed by atoms with van der Waals surface area (Å²) in [6.07, 6.45) is 0.742. The van der Waals surface area contributed by atoms with E-state index in [0.717, 1.165) is 28.9 Å². The number of rotatable bonds is 9. The lowest BCUT2D eigenvalue weighted by Crippen LogP contribution is -2.34. The molecule has 0 heterocycles. The van der Waals surface area contributed by atoms with E-state index < -0.39 is 0 Å². The van der Waals surface area contributed by atoms with E-state index in [1.54, 1.807) is 25.2 Å². The number of hydrogen-bond donors (Lipinski definition) is 1. The zero-order valence-corrected chi connectivity index (χ0v) is 19.8. The van der Waals surface area contributed by atoms with E-state index in [9.17, 15) is 9.59 Å². The Hall–Kier alpha value is -3.60. The predicted octanol–water partition coefficient (Wildman–Crippen LogP) is 5.13. The lowest BCUT2D eigenvalue weighted by Gasteiger charge is -2.21. The van der Waals surface area contributed by atoms with Gasteiger partial charge >= 0.3 is 0 Å². The molecule has 0 fully saturated rings. The van der Waals surface area contributed by atoms with Crippen LogP contribution in [0.4, 0.5) is 5.69 Å². The zero-order valence-electron chi connectivity index (χ0n) is 19.8. The van der Waals surface area contributed by atoms with Crippen LogP contribution in [0.1, 0.15) is 46.8 Å². The van der Waals surface area contributed by atoms with Crippen LogP contribution in [0.3, 0.4) is 0 Å². The largest absolute Gasteiger partial charge is 0.483 e. The highest BCUT2D eigenvalue weighted by Gasteiger charge is 2.19. The third-order valence-corrected chi connectivity index (χ3v) is 5.57. The average Bonchev–Trinajstić information content (AvgIpc) is 2.82. The number of anilines is 1. The number of nitrogens with zero attached hydrogens (tertiary/aromatic N) is 1. The number of benzene rings is 3. The molecule has 3 aromatic rings. The summed E-state index contributed by atoms with van der Waals surface area (Å²) in [5.41, 5.74) is 4.31. The Morgan fingerprint density at radius 1 is 0.970 bits per heavy atom. The van der Waals surface area contributed by atoms with Gasteiger partial charge in [0.15, 0.2) is 6.61 Å². The van der Waals surface area contributed by atoms with Gasteiger partial charge in [-0.05, 0) is 54.2 Å². The fourth-order valence-electron chi connectivity index (χ4n) is 3.63. The molecule has 33 heavy (non-hydrogen) atoms.